The van der Waals surface area contributed by atoms with Gasteiger partial charge in [-0.25, -0.2) is 0 Å². The summed E-state index contributed by atoms with van der Waals surface area (Å²) < 4.78 is 15.8. The van der Waals surface area contributed by atoms with E-state index in [-0.39, 0.29) is 24.5 Å². The molecule has 7 nitrogen and oxygen atoms in total. The number of amides is 1. The first-order chi connectivity index (χ1) is 14.4. The van der Waals surface area contributed by atoms with Crippen LogP contribution < -0.4 is 9.47 Å². The molecule has 0 bridgehead atoms. The monoisotopic (exact) mass is 411 g/mol. The van der Waals surface area contributed by atoms with Crippen LogP contribution in [0.3, 0.4) is 0 Å². The molecule has 2 aromatic rings. The lowest BCUT2D eigenvalue weighted by atomic mass is 9.93. The Morgan fingerprint density at radius 2 is 1.80 bits per heavy atom. The predicted molar refractivity (Wildman–Crippen MR) is 112 cm³/mol. The highest BCUT2D eigenvalue weighted by atomic mass is 16.5. The molecule has 2 aromatic carbocycles. The van der Waals surface area contributed by atoms with Crippen LogP contribution in [0.2, 0.25) is 0 Å². The number of likely N-dealkylation sites (tertiary alicyclic amines) is 1. The molecule has 1 aliphatic heterocycles. The zero-order valence-corrected chi connectivity index (χ0v) is 17.5. The number of carbonyl (C=O) groups is 2. The Morgan fingerprint density at radius 1 is 1.07 bits per heavy atom. The van der Waals surface area contributed by atoms with Gasteiger partial charge >= 0.3 is 0 Å². The molecular weight excluding hydrogens is 386 g/mol. The highest BCUT2D eigenvalue weighted by Gasteiger charge is 2.46. The first kappa shape index (κ1) is 21.4. The number of aryl methyl sites for hydroxylation is 1. The van der Waals surface area contributed by atoms with Crippen LogP contribution in [-0.4, -0.2) is 56.2 Å². The van der Waals surface area contributed by atoms with E-state index < -0.39 is 17.7 Å². The highest BCUT2D eigenvalue weighted by molar-refractivity contribution is 6.46. The molecule has 1 aliphatic rings. The van der Waals surface area contributed by atoms with Crippen molar-refractivity contribution < 1.29 is 28.9 Å². The van der Waals surface area contributed by atoms with Crippen molar-refractivity contribution in [3.63, 3.8) is 0 Å². The summed E-state index contributed by atoms with van der Waals surface area (Å²) in [5.41, 5.74) is 1.81. The normalized spacial score (nSPS) is 18.0. The second-order valence-electron chi connectivity index (χ2n) is 6.91. The van der Waals surface area contributed by atoms with Crippen molar-refractivity contribution in [1.82, 2.24) is 4.90 Å². The van der Waals surface area contributed by atoms with Crippen molar-refractivity contribution in [2.75, 3.05) is 34.5 Å². The molecule has 30 heavy (non-hydrogen) atoms. The predicted octanol–water partition coefficient (Wildman–Crippen LogP) is 3.08. The van der Waals surface area contributed by atoms with Crippen molar-refractivity contribution >= 4 is 17.4 Å². The number of carbonyl (C=O) groups excluding carboxylic acids is 2. The lowest BCUT2D eigenvalue weighted by Gasteiger charge is -2.26. The number of Topliss-reactive ketones (excluding diaryl/α,β-unsaturated/α-hetero) is 1. The van der Waals surface area contributed by atoms with Crippen LogP contribution in [0.1, 0.15) is 22.7 Å². The maximum atomic E-state index is 13.0. The third-order valence-corrected chi connectivity index (χ3v) is 5.20. The number of rotatable bonds is 7. The van der Waals surface area contributed by atoms with E-state index in [4.69, 9.17) is 14.2 Å². The van der Waals surface area contributed by atoms with Crippen LogP contribution in [0.15, 0.2) is 48.0 Å². The zero-order chi connectivity index (χ0) is 21.8. The fourth-order valence-corrected chi connectivity index (χ4v) is 3.69. The number of benzene rings is 2. The van der Waals surface area contributed by atoms with Gasteiger partial charge in [0.05, 0.1) is 32.4 Å². The van der Waals surface area contributed by atoms with Gasteiger partial charge in [0, 0.05) is 24.8 Å². The van der Waals surface area contributed by atoms with Crippen LogP contribution in [0.5, 0.6) is 11.5 Å². The topological polar surface area (TPSA) is 85.3 Å². The zero-order valence-electron chi connectivity index (χ0n) is 17.5. The Bertz CT molecular complexity index is 997. The molecule has 1 heterocycles. The first-order valence-corrected chi connectivity index (χ1v) is 9.49. The lowest BCUT2D eigenvalue weighted by molar-refractivity contribution is -0.140. The maximum absolute atomic E-state index is 13.0. The van der Waals surface area contributed by atoms with Crippen molar-refractivity contribution in [2.45, 2.75) is 13.0 Å². The van der Waals surface area contributed by atoms with Gasteiger partial charge in [-0.05, 0) is 36.8 Å². The van der Waals surface area contributed by atoms with Gasteiger partial charge < -0.3 is 24.2 Å². The van der Waals surface area contributed by atoms with Crippen LogP contribution in [0.25, 0.3) is 5.76 Å². The minimum atomic E-state index is -0.794. The summed E-state index contributed by atoms with van der Waals surface area (Å²) in [4.78, 5) is 27.2. The second kappa shape index (κ2) is 9.00. The number of ether oxygens (including phenoxy) is 3. The molecular formula is C23H25NO6. The fourth-order valence-electron chi connectivity index (χ4n) is 3.69. The van der Waals surface area contributed by atoms with Gasteiger partial charge in [0.2, 0.25) is 0 Å². The number of ketones is 1. The van der Waals surface area contributed by atoms with E-state index in [1.54, 1.807) is 56.5 Å². The summed E-state index contributed by atoms with van der Waals surface area (Å²) in [5.74, 6) is -0.509. The quantitative estimate of drug-likeness (QED) is 0.428. The molecule has 0 spiro atoms. The van der Waals surface area contributed by atoms with Gasteiger partial charge in [-0.3, -0.25) is 9.59 Å². The largest absolute Gasteiger partial charge is 0.507 e. The molecule has 1 fully saturated rings. The van der Waals surface area contributed by atoms with E-state index in [0.29, 0.717) is 28.2 Å². The minimum Gasteiger partial charge on any atom is -0.507 e. The Balaban J connectivity index is 2.22. The van der Waals surface area contributed by atoms with Crippen molar-refractivity contribution in [3.05, 3.63) is 64.7 Å². The molecule has 0 aromatic heterocycles. The molecule has 1 unspecified atom stereocenters. The van der Waals surface area contributed by atoms with Gasteiger partial charge in [0.15, 0.2) is 0 Å². The van der Waals surface area contributed by atoms with Crippen molar-refractivity contribution in [3.8, 4) is 11.5 Å². The summed E-state index contributed by atoms with van der Waals surface area (Å²) in [5, 5.41) is 11.2. The first-order valence-electron chi connectivity index (χ1n) is 9.49. The standard InChI is InChI=1S/C23H25NO6/c1-14-13-15(29-3)9-10-16(14)21(25)19-20(17-7-5-6-8-18(17)30-4)24(11-12-28-2)23(27)22(19)26/h5-10,13,20,25H,11-12H2,1-4H3. The van der Waals surface area contributed by atoms with Crippen LogP contribution >= 0.6 is 0 Å². The van der Waals surface area contributed by atoms with Gasteiger partial charge in [0.1, 0.15) is 17.3 Å². The molecule has 1 saturated heterocycles. The summed E-state index contributed by atoms with van der Waals surface area (Å²) >= 11 is 0. The van der Waals surface area contributed by atoms with Crippen molar-refractivity contribution in [2.24, 2.45) is 0 Å². The van der Waals surface area contributed by atoms with Gasteiger partial charge in [-0.1, -0.05) is 18.2 Å². The SMILES string of the molecule is COCCN1C(=O)C(=O)C(=C(O)c2ccc(OC)cc2C)C1c1ccccc1OC. The molecule has 1 N–H and O–H groups in total. The lowest BCUT2D eigenvalue weighted by Crippen LogP contribution is -2.32. The molecule has 1 atom stereocenters. The minimum absolute atomic E-state index is 0.0221. The summed E-state index contributed by atoms with van der Waals surface area (Å²) in [6.45, 7) is 2.25. The van der Waals surface area contributed by atoms with E-state index in [2.05, 4.69) is 0 Å². The average Bonchev–Trinajstić information content (AvgIpc) is 3.01. The van der Waals surface area contributed by atoms with Crippen LogP contribution in [0.4, 0.5) is 0 Å². The summed E-state index contributed by atoms with van der Waals surface area (Å²) in [6, 6.07) is 11.5. The number of nitrogens with zero attached hydrogens (tertiary/aromatic N) is 1. The Morgan fingerprint density at radius 3 is 2.43 bits per heavy atom. The van der Waals surface area contributed by atoms with Gasteiger partial charge in [-0.15, -0.1) is 0 Å². The molecule has 158 valence electrons. The van der Waals surface area contributed by atoms with Crippen LogP contribution in [-0.2, 0) is 14.3 Å². The van der Waals surface area contributed by atoms with E-state index in [0.717, 1.165) is 0 Å². The molecule has 3 rings (SSSR count). The summed E-state index contributed by atoms with van der Waals surface area (Å²) in [7, 11) is 4.60. The number of methoxy groups -OCH3 is 3. The molecule has 0 aliphatic carbocycles. The van der Waals surface area contributed by atoms with E-state index in [1.165, 1.54) is 19.1 Å². The number of para-hydroxylation sites is 1. The third kappa shape index (κ3) is 3.76. The third-order valence-electron chi connectivity index (χ3n) is 5.20. The molecule has 7 heteroatoms. The number of aliphatic hydroxyl groups is 1. The fraction of sp³-hybridized carbons (Fsp3) is 0.304. The molecule has 0 saturated carbocycles. The van der Waals surface area contributed by atoms with Crippen molar-refractivity contribution in [1.29, 1.82) is 0 Å². The van der Waals surface area contributed by atoms with Gasteiger partial charge in [0.25, 0.3) is 11.7 Å². The molecule has 1 amide bonds. The van der Waals surface area contributed by atoms with E-state index >= 15 is 0 Å². The smallest absolute Gasteiger partial charge is 0.295 e. The van der Waals surface area contributed by atoms with Crippen LogP contribution in [0, 0.1) is 6.92 Å². The number of hydrogen-bond acceptors (Lipinski definition) is 6. The summed E-state index contributed by atoms with van der Waals surface area (Å²) in [6.07, 6.45) is 0. The molecule has 0 radical (unpaired) electrons. The van der Waals surface area contributed by atoms with Gasteiger partial charge in [-0.2, -0.15) is 0 Å². The highest BCUT2D eigenvalue weighted by Crippen LogP contribution is 2.42. The van der Waals surface area contributed by atoms with E-state index in [9.17, 15) is 14.7 Å². The number of aliphatic hydroxyl groups excluding tert-OH is 1. The average molecular weight is 411 g/mol. The van der Waals surface area contributed by atoms with E-state index in [1.807, 2.05) is 0 Å². The second-order valence-corrected chi connectivity index (χ2v) is 6.91. The Labute approximate surface area is 175 Å². The number of hydrogen-bond donors (Lipinski definition) is 1. The maximum Gasteiger partial charge on any atom is 0.295 e. The Hall–Kier alpha value is -3.32. The Kier molecular flexibility index (Phi) is 6.42.